The van der Waals surface area contributed by atoms with Crippen LogP contribution in [0.25, 0.3) is 0 Å². The van der Waals surface area contributed by atoms with Crippen LogP contribution in [0.15, 0.2) is 24.3 Å². The lowest BCUT2D eigenvalue weighted by atomic mass is 10.2. The molecule has 0 saturated heterocycles. The molecule has 4 heteroatoms. The summed E-state index contributed by atoms with van der Waals surface area (Å²) in [6.07, 6.45) is 0. The van der Waals surface area contributed by atoms with Crippen LogP contribution in [0.3, 0.4) is 0 Å². The molecule has 0 aliphatic rings. The van der Waals surface area contributed by atoms with E-state index in [0.717, 1.165) is 0 Å². The van der Waals surface area contributed by atoms with Crippen LogP contribution in [-0.2, 0) is 0 Å². The fourth-order valence-electron chi connectivity index (χ4n) is 1.30. The van der Waals surface area contributed by atoms with Crippen LogP contribution < -0.4 is 15.8 Å². The van der Waals surface area contributed by atoms with Crippen molar-refractivity contribution in [1.29, 1.82) is 0 Å². The molecule has 0 radical (unpaired) electrons. The van der Waals surface area contributed by atoms with Gasteiger partial charge in [-0.05, 0) is 24.1 Å². The van der Waals surface area contributed by atoms with Crippen molar-refractivity contribution in [1.82, 2.24) is 5.32 Å². The third-order valence-electron chi connectivity index (χ3n) is 2.15. The zero-order valence-corrected chi connectivity index (χ0v) is 10.4. The number of benzene rings is 1. The Balaban J connectivity index is 2.60. The van der Waals surface area contributed by atoms with Crippen molar-refractivity contribution >= 4 is 5.91 Å². The molecule has 0 fully saturated rings. The van der Waals surface area contributed by atoms with Gasteiger partial charge in [-0.3, -0.25) is 4.79 Å². The van der Waals surface area contributed by atoms with Gasteiger partial charge in [0.05, 0.1) is 0 Å². The number of ether oxygens (including phenoxy) is 1. The summed E-state index contributed by atoms with van der Waals surface area (Å²) < 4.78 is 5.37. The van der Waals surface area contributed by atoms with Gasteiger partial charge in [0.15, 0.2) is 0 Å². The quantitative estimate of drug-likeness (QED) is 0.785. The largest absolute Gasteiger partial charge is 0.492 e. The first-order valence-electron chi connectivity index (χ1n) is 5.84. The van der Waals surface area contributed by atoms with Crippen molar-refractivity contribution in [2.75, 3.05) is 19.7 Å². The standard InChI is InChI=1S/C13H20N2O2/c1-10(2)9-15-13(16)11-4-3-5-12(8-11)17-7-6-14/h3-5,8,10H,6-7,9,14H2,1-2H3,(H,15,16). The van der Waals surface area contributed by atoms with Crippen molar-refractivity contribution in [3.8, 4) is 5.75 Å². The molecule has 1 amide bonds. The van der Waals surface area contributed by atoms with Gasteiger partial charge in [0.2, 0.25) is 0 Å². The smallest absolute Gasteiger partial charge is 0.251 e. The van der Waals surface area contributed by atoms with Gasteiger partial charge in [0.1, 0.15) is 12.4 Å². The topological polar surface area (TPSA) is 64.3 Å². The summed E-state index contributed by atoms with van der Waals surface area (Å²) in [5.74, 6) is 1.04. The van der Waals surface area contributed by atoms with Crippen LogP contribution in [0.1, 0.15) is 24.2 Å². The first-order chi connectivity index (χ1) is 8.13. The highest BCUT2D eigenvalue weighted by Gasteiger charge is 2.06. The highest BCUT2D eigenvalue weighted by molar-refractivity contribution is 5.94. The van der Waals surface area contributed by atoms with Crippen LogP contribution in [0.4, 0.5) is 0 Å². The lowest BCUT2D eigenvalue weighted by Gasteiger charge is -2.09. The highest BCUT2D eigenvalue weighted by Crippen LogP contribution is 2.13. The molecule has 0 heterocycles. The third-order valence-corrected chi connectivity index (χ3v) is 2.15. The van der Waals surface area contributed by atoms with Gasteiger partial charge in [0, 0.05) is 18.7 Å². The minimum absolute atomic E-state index is 0.0723. The molecule has 4 nitrogen and oxygen atoms in total. The Morgan fingerprint density at radius 3 is 2.88 bits per heavy atom. The molecule has 17 heavy (non-hydrogen) atoms. The van der Waals surface area contributed by atoms with E-state index in [1.54, 1.807) is 18.2 Å². The SMILES string of the molecule is CC(C)CNC(=O)c1cccc(OCCN)c1. The van der Waals surface area contributed by atoms with Crippen LogP contribution in [-0.4, -0.2) is 25.6 Å². The second kappa shape index (κ2) is 6.91. The van der Waals surface area contributed by atoms with Crippen LogP contribution in [0.2, 0.25) is 0 Å². The zero-order valence-electron chi connectivity index (χ0n) is 10.4. The van der Waals surface area contributed by atoms with E-state index in [9.17, 15) is 4.79 Å². The molecule has 94 valence electrons. The summed E-state index contributed by atoms with van der Waals surface area (Å²) >= 11 is 0. The van der Waals surface area contributed by atoms with Crippen molar-refractivity contribution < 1.29 is 9.53 Å². The van der Waals surface area contributed by atoms with E-state index in [1.807, 2.05) is 6.07 Å². The van der Waals surface area contributed by atoms with Gasteiger partial charge < -0.3 is 15.8 Å². The predicted molar refractivity (Wildman–Crippen MR) is 68.2 cm³/mol. The molecular formula is C13H20N2O2. The molecule has 3 N–H and O–H groups in total. The molecule has 0 atom stereocenters. The van der Waals surface area contributed by atoms with Crippen molar-refractivity contribution in [3.63, 3.8) is 0 Å². The average Bonchev–Trinajstić information content (AvgIpc) is 2.33. The molecule has 0 saturated carbocycles. The number of amides is 1. The Morgan fingerprint density at radius 2 is 2.24 bits per heavy atom. The van der Waals surface area contributed by atoms with E-state index in [-0.39, 0.29) is 5.91 Å². The number of hydrogen-bond donors (Lipinski definition) is 2. The summed E-state index contributed by atoms with van der Waals surface area (Å²) in [6, 6.07) is 7.11. The predicted octanol–water partition coefficient (Wildman–Crippen LogP) is 1.41. The van der Waals surface area contributed by atoms with E-state index < -0.39 is 0 Å². The molecular weight excluding hydrogens is 216 g/mol. The van der Waals surface area contributed by atoms with Crippen LogP contribution in [0.5, 0.6) is 5.75 Å². The Kier molecular flexibility index (Phi) is 5.49. The molecule has 0 aliphatic heterocycles. The van der Waals surface area contributed by atoms with E-state index in [0.29, 0.717) is 36.9 Å². The first-order valence-corrected chi connectivity index (χ1v) is 5.84. The van der Waals surface area contributed by atoms with Crippen molar-refractivity contribution in [2.24, 2.45) is 11.7 Å². The monoisotopic (exact) mass is 236 g/mol. The lowest BCUT2D eigenvalue weighted by molar-refractivity contribution is 0.0948. The number of carbonyl (C=O) groups is 1. The fourth-order valence-corrected chi connectivity index (χ4v) is 1.30. The molecule has 0 aliphatic carbocycles. The van der Waals surface area contributed by atoms with E-state index in [1.165, 1.54) is 0 Å². The van der Waals surface area contributed by atoms with Crippen molar-refractivity contribution in [3.05, 3.63) is 29.8 Å². The Morgan fingerprint density at radius 1 is 1.47 bits per heavy atom. The molecule has 1 aromatic rings. The minimum Gasteiger partial charge on any atom is -0.492 e. The molecule has 1 aromatic carbocycles. The zero-order chi connectivity index (χ0) is 12.7. The highest BCUT2D eigenvalue weighted by atomic mass is 16.5. The summed E-state index contributed by atoms with van der Waals surface area (Å²) in [7, 11) is 0. The number of nitrogens with one attached hydrogen (secondary N) is 1. The molecule has 0 bridgehead atoms. The van der Waals surface area contributed by atoms with E-state index >= 15 is 0 Å². The van der Waals surface area contributed by atoms with Crippen LogP contribution >= 0.6 is 0 Å². The maximum absolute atomic E-state index is 11.8. The molecule has 1 rings (SSSR count). The summed E-state index contributed by atoms with van der Waals surface area (Å²) in [5, 5.41) is 2.86. The summed E-state index contributed by atoms with van der Waals surface area (Å²) in [4.78, 5) is 11.8. The minimum atomic E-state index is -0.0723. The summed E-state index contributed by atoms with van der Waals surface area (Å²) in [5.41, 5.74) is 5.96. The maximum atomic E-state index is 11.8. The van der Waals surface area contributed by atoms with Gasteiger partial charge in [-0.15, -0.1) is 0 Å². The fraction of sp³-hybridized carbons (Fsp3) is 0.462. The van der Waals surface area contributed by atoms with E-state index in [2.05, 4.69) is 19.2 Å². The van der Waals surface area contributed by atoms with E-state index in [4.69, 9.17) is 10.5 Å². The Labute approximate surface area is 102 Å². The maximum Gasteiger partial charge on any atom is 0.251 e. The van der Waals surface area contributed by atoms with Gasteiger partial charge in [0.25, 0.3) is 5.91 Å². The normalized spacial score (nSPS) is 10.4. The average molecular weight is 236 g/mol. The second-order valence-corrected chi connectivity index (χ2v) is 4.27. The van der Waals surface area contributed by atoms with Crippen molar-refractivity contribution in [2.45, 2.75) is 13.8 Å². The molecule has 0 spiro atoms. The molecule has 0 unspecified atom stereocenters. The third kappa shape index (κ3) is 4.87. The first kappa shape index (κ1) is 13.5. The second-order valence-electron chi connectivity index (χ2n) is 4.27. The Bertz CT molecular complexity index is 364. The lowest BCUT2D eigenvalue weighted by Crippen LogP contribution is -2.27. The van der Waals surface area contributed by atoms with Gasteiger partial charge in [-0.25, -0.2) is 0 Å². The number of hydrogen-bond acceptors (Lipinski definition) is 3. The number of carbonyl (C=O) groups excluding carboxylic acids is 1. The van der Waals surface area contributed by atoms with Crippen LogP contribution in [0, 0.1) is 5.92 Å². The van der Waals surface area contributed by atoms with Gasteiger partial charge in [-0.1, -0.05) is 19.9 Å². The molecule has 0 aromatic heterocycles. The number of nitrogens with two attached hydrogens (primary N) is 1. The van der Waals surface area contributed by atoms with Gasteiger partial charge in [-0.2, -0.15) is 0 Å². The Hall–Kier alpha value is -1.55. The number of rotatable bonds is 6. The van der Waals surface area contributed by atoms with Gasteiger partial charge >= 0.3 is 0 Å². The summed E-state index contributed by atoms with van der Waals surface area (Å²) in [6.45, 7) is 5.70.